The van der Waals surface area contributed by atoms with Gasteiger partial charge in [0.15, 0.2) is 5.69 Å². The fourth-order valence-corrected chi connectivity index (χ4v) is 5.37. The van der Waals surface area contributed by atoms with Gasteiger partial charge in [0, 0.05) is 6.04 Å². The Morgan fingerprint density at radius 3 is 2.38 bits per heavy atom. The maximum absolute atomic E-state index is 14.2. The summed E-state index contributed by atoms with van der Waals surface area (Å²) in [5, 5.41) is 3.17. The van der Waals surface area contributed by atoms with Crippen LogP contribution in [0, 0.1) is 6.92 Å². The lowest BCUT2D eigenvalue weighted by Gasteiger charge is -2.34. The number of nitrogens with two attached hydrogens (primary N) is 2. The molecule has 4 rings (SSSR count). The van der Waals surface area contributed by atoms with Crippen LogP contribution in [-0.2, 0) is 4.79 Å². The van der Waals surface area contributed by atoms with Crippen LogP contribution in [0.5, 0.6) is 5.75 Å². The number of benzene rings is 2. The molecule has 0 saturated heterocycles. The number of carbonyl (C=O) groups is 3. The lowest BCUT2D eigenvalue weighted by molar-refractivity contribution is -0.123. The van der Waals surface area contributed by atoms with E-state index in [9.17, 15) is 14.4 Å². The van der Waals surface area contributed by atoms with Crippen LogP contribution >= 0.6 is 11.5 Å². The molecule has 0 spiro atoms. The second-order valence-corrected chi connectivity index (χ2v) is 9.92. The molecular formula is C27H31N5O4S. The van der Waals surface area contributed by atoms with E-state index in [1.54, 1.807) is 24.3 Å². The van der Waals surface area contributed by atoms with E-state index in [0.29, 0.717) is 17.0 Å². The van der Waals surface area contributed by atoms with Gasteiger partial charge in [0.25, 0.3) is 11.8 Å². The Kier molecular flexibility index (Phi) is 8.08. The van der Waals surface area contributed by atoms with Crippen LogP contribution in [0.3, 0.4) is 0 Å². The molecule has 1 aliphatic rings. The third-order valence-corrected chi connectivity index (χ3v) is 7.42. The van der Waals surface area contributed by atoms with Gasteiger partial charge >= 0.3 is 0 Å². The van der Waals surface area contributed by atoms with Gasteiger partial charge in [-0.05, 0) is 49.0 Å². The number of primary amides is 1. The number of nitrogens with zero attached hydrogens (tertiary/aromatic N) is 2. The van der Waals surface area contributed by atoms with E-state index in [2.05, 4.69) is 9.69 Å². The summed E-state index contributed by atoms with van der Waals surface area (Å²) >= 11 is 0.772. The highest BCUT2D eigenvalue weighted by Crippen LogP contribution is 2.38. The van der Waals surface area contributed by atoms with Crippen LogP contribution < -0.4 is 26.4 Å². The van der Waals surface area contributed by atoms with Gasteiger partial charge in [0.05, 0.1) is 18.5 Å². The normalized spacial score (nSPS) is 14.5. The van der Waals surface area contributed by atoms with Crippen molar-refractivity contribution in [1.82, 2.24) is 9.69 Å². The molecule has 1 aliphatic carbocycles. The minimum Gasteiger partial charge on any atom is -0.495 e. The van der Waals surface area contributed by atoms with Crippen LogP contribution in [0.1, 0.15) is 69.4 Å². The van der Waals surface area contributed by atoms with Crippen molar-refractivity contribution in [2.45, 2.75) is 51.1 Å². The lowest BCUT2D eigenvalue weighted by atomic mass is 9.94. The molecule has 0 aliphatic heterocycles. The Hall–Kier alpha value is -3.92. The highest BCUT2D eigenvalue weighted by atomic mass is 32.1. The first kappa shape index (κ1) is 26.2. The zero-order valence-electron chi connectivity index (χ0n) is 20.9. The summed E-state index contributed by atoms with van der Waals surface area (Å²) < 4.78 is 9.58. The van der Waals surface area contributed by atoms with E-state index in [1.165, 1.54) is 12.0 Å². The summed E-state index contributed by atoms with van der Waals surface area (Å²) in [5.41, 5.74) is 13.3. The fraction of sp³-hybridized carbons (Fsp3) is 0.333. The number of aryl methyl sites for hydroxylation is 1. The van der Waals surface area contributed by atoms with Crippen LogP contribution in [0.25, 0.3) is 0 Å². The molecule has 194 valence electrons. The first-order valence-corrected chi connectivity index (χ1v) is 13.0. The number of para-hydroxylation sites is 2. The first-order valence-electron chi connectivity index (χ1n) is 12.2. The molecule has 5 N–H and O–H groups in total. The Bertz CT molecular complexity index is 1280. The molecule has 0 bridgehead atoms. The minimum absolute atomic E-state index is 0.0160. The number of hydrogen-bond acceptors (Lipinski definition) is 7. The number of anilines is 2. The summed E-state index contributed by atoms with van der Waals surface area (Å²) in [7, 11) is 1.50. The number of carbonyl (C=O) groups excluding carboxylic acids is 3. The molecule has 37 heavy (non-hydrogen) atoms. The number of hydrogen-bond donors (Lipinski definition) is 3. The van der Waals surface area contributed by atoms with Crippen molar-refractivity contribution in [2.75, 3.05) is 17.7 Å². The number of amides is 3. The molecule has 3 aromatic rings. The topological polar surface area (TPSA) is 141 Å². The monoisotopic (exact) mass is 521 g/mol. The van der Waals surface area contributed by atoms with E-state index in [0.717, 1.165) is 49.2 Å². The lowest BCUT2D eigenvalue weighted by Crippen LogP contribution is -2.47. The van der Waals surface area contributed by atoms with Crippen molar-refractivity contribution in [3.8, 4) is 5.75 Å². The summed E-state index contributed by atoms with van der Waals surface area (Å²) in [6.07, 6.45) is 5.01. The molecule has 3 amide bonds. The van der Waals surface area contributed by atoms with E-state index >= 15 is 0 Å². The highest BCUT2D eigenvalue weighted by molar-refractivity contribution is 7.09. The van der Waals surface area contributed by atoms with Crippen LogP contribution in [0.4, 0.5) is 11.4 Å². The van der Waals surface area contributed by atoms with E-state index in [-0.39, 0.29) is 28.2 Å². The zero-order chi connectivity index (χ0) is 26.5. The Labute approximate surface area is 220 Å². The third-order valence-electron chi connectivity index (χ3n) is 6.57. The van der Waals surface area contributed by atoms with Crippen molar-refractivity contribution in [2.24, 2.45) is 5.73 Å². The number of aromatic nitrogens is 1. The summed E-state index contributed by atoms with van der Waals surface area (Å²) in [6, 6.07) is 13.4. The fourth-order valence-electron chi connectivity index (χ4n) is 4.63. The quantitative estimate of drug-likeness (QED) is 0.410. The number of rotatable bonds is 8. The average molecular weight is 522 g/mol. The number of nitrogens with one attached hydrogen (secondary N) is 1. The van der Waals surface area contributed by atoms with Crippen molar-refractivity contribution >= 4 is 40.6 Å². The van der Waals surface area contributed by atoms with Gasteiger partial charge < -0.3 is 21.5 Å². The molecule has 2 aromatic carbocycles. The summed E-state index contributed by atoms with van der Waals surface area (Å²) in [6.45, 7) is 1.95. The van der Waals surface area contributed by atoms with Crippen molar-refractivity contribution in [3.63, 3.8) is 0 Å². The summed E-state index contributed by atoms with van der Waals surface area (Å²) in [5.74, 6) is -1.33. The van der Waals surface area contributed by atoms with Crippen molar-refractivity contribution in [1.29, 1.82) is 0 Å². The first-order chi connectivity index (χ1) is 17.8. The molecule has 1 saturated carbocycles. The predicted molar refractivity (Wildman–Crippen MR) is 144 cm³/mol. The zero-order valence-corrected chi connectivity index (χ0v) is 21.7. The second kappa shape index (κ2) is 11.4. The van der Waals surface area contributed by atoms with Crippen LogP contribution in [0.2, 0.25) is 0 Å². The standard InChI is InChI=1S/C27H31N5O4S/c1-16-12-14-17(15-13-16)23(26(34)30-18-8-4-3-5-9-18)32(19-10-6-7-11-20(19)36-2)27(35)24-21(28)22(25(29)33)31-37-24/h6-7,10-15,18,23H,3-5,8-9,28H2,1-2H3,(H2,29,33)(H,30,34). The molecule has 1 fully saturated rings. The van der Waals surface area contributed by atoms with Gasteiger partial charge in [-0.25, -0.2) is 0 Å². The van der Waals surface area contributed by atoms with Gasteiger partial charge in [-0.2, -0.15) is 4.37 Å². The van der Waals surface area contributed by atoms with Crippen molar-refractivity contribution < 1.29 is 19.1 Å². The van der Waals surface area contributed by atoms with Crippen LogP contribution in [-0.4, -0.2) is 35.2 Å². The van der Waals surface area contributed by atoms with Crippen LogP contribution in [0.15, 0.2) is 48.5 Å². The summed E-state index contributed by atoms with van der Waals surface area (Å²) in [4.78, 5) is 41.3. The molecule has 1 aromatic heterocycles. The Balaban J connectivity index is 1.87. The van der Waals surface area contributed by atoms with E-state index in [1.807, 2.05) is 31.2 Å². The van der Waals surface area contributed by atoms with E-state index in [4.69, 9.17) is 16.2 Å². The highest BCUT2D eigenvalue weighted by Gasteiger charge is 2.38. The SMILES string of the molecule is COc1ccccc1N(C(=O)c1snc(C(N)=O)c1N)C(C(=O)NC1CCCCC1)c1ccc(C)cc1. The Morgan fingerprint density at radius 2 is 1.76 bits per heavy atom. The Morgan fingerprint density at radius 1 is 1.08 bits per heavy atom. The van der Waals surface area contributed by atoms with Gasteiger partial charge in [-0.1, -0.05) is 61.2 Å². The average Bonchev–Trinajstić information content (AvgIpc) is 3.29. The third kappa shape index (κ3) is 5.59. The molecule has 10 heteroatoms. The van der Waals surface area contributed by atoms with Gasteiger partial charge in [-0.3, -0.25) is 19.3 Å². The molecule has 1 atom stereocenters. The molecular weight excluding hydrogens is 490 g/mol. The smallest absolute Gasteiger partial charge is 0.273 e. The number of methoxy groups -OCH3 is 1. The number of nitrogen functional groups attached to an aromatic ring is 1. The maximum atomic E-state index is 14.2. The minimum atomic E-state index is -1.04. The molecule has 1 unspecified atom stereocenters. The van der Waals surface area contributed by atoms with Gasteiger partial charge in [0.1, 0.15) is 16.7 Å². The number of ether oxygens (including phenoxy) is 1. The predicted octanol–water partition coefficient (Wildman–Crippen LogP) is 3.98. The molecule has 1 heterocycles. The maximum Gasteiger partial charge on any atom is 0.273 e. The van der Waals surface area contributed by atoms with Crippen molar-refractivity contribution in [3.05, 3.63) is 70.2 Å². The largest absolute Gasteiger partial charge is 0.495 e. The van der Waals surface area contributed by atoms with E-state index < -0.39 is 17.9 Å². The molecule has 0 radical (unpaired) electrons. The second-order valence-electron chi connectivity index (χ2n) is 9.14. The van der Waals surface area contributed by atoms with Gasteiger partial charge in [-0.15, -0.1) is 0 Å². The molecule has 9 nitrogen and oxygen atoms in total. The van der Waals surface area contributed by atoms with Gasteiger partial charge in [0.2, 0.25) is 5.91 Å².